The van der Waals surface area contributed by atoms with Crippen molar-refractivity contribution in [2.45, 2.75) is 71.3 Å². The van der Waals surface area contributed by atoms with Gasteiger partial charge in [-0.15, -0.1) is 0 Å². The van der Waals surface area contributed by atoms with Gasteiger partial charge in [-0.2, -0.15) is 0 Å². The van der Waals surface area contributed by atoms with Crippen LogP contribution in [0.1, 0.15) is 71.3 Å². The van der Waals surface area contributed by atoms with Crippen molar-refractivity contribution in [2.24, 2.45) is 0 Å². The second kappa shape index (κ2) is 8.37. The fourth-order valence-electron chi connectivity index (χ4n) is 2.17. The van der Waals surface area contributed by atoms with E-state index in [4.69, 9.17) is 0 Å². The average Bonchev–Trinajstić information content (AvgIpc) is 2.82. The molecule has 16 heavy (non-hydrogen) atoms. The molecule has 0 aromatic carbocycles. The number of imidazole rings is 1. The van der Waals surface area contributed by atoms with Crippen LogP contribution in [0.5, 0.6) is 0 Å². The van der Waals surface area contributed by atoms with Crippen LogP contribution in [0.25, 0.3) is 0 Å². The molecule has 0 N–H and O–H groups in total. The number of rotatable bonds is 9. The van der Waals surface area contributed by atoms with Crippen molar-refractivity contribution in [3.05, 3.63) is 18.7 Å². The molecule has 92 valence electrons. The largest absolute Gasteiger partial charge is 0.334 e. The zero-order valence-electron chi connectivity index (χ0n) is 10.9. The van der Waals surface area contributed by atoms with Crippen molar-refractivity contribution in [2.75, 3.05) is 0 Å². The van der Waals surface area contributed by atoms with Gasteiger partial charge in [0.15, 0.2) is 0 Å². The summed E-state index contributed by atoms with van der Waals surface area (Å²) < 4.78 is 2.29. The third kappa shape index (κ3) is 4.82. The number of aromatic nitrogens is 2. The normalized spacial score (nSPS) is 12.9. The Bertz CT molecular complexity index is 241. The second-order valence-corrected chi connectivity index (χ2v) is 4.66. The lowest BCUT2D eigenvalue weighted by Crippen LogP contribution is -2.07. The highest BCUT2D eigenvalue weighted by atomic mass is 15.0. The van der Waals surface area contributed by atoms with Crippen molar-refractivity contribution >= 4 is 0 Å². The topological polar surface area (TPSA) is 17.8 Å². The fraction of sp³-hybridized carbons (Fsp3) is 0.786. The minimum atomic E-state index is 0.680. The van der Waals surface area contributed by atoms with Gasteiger partial charge in [-0.3, -0.25) is 0 Å². The van der Waals surface area contributed by atoms with Crippen LogP contribution in [0.4, 0.5) is 0 Å². The van der Waals surface area contributed by atoms with Crippen LogP contribution >= 0.6 is 0 Å². The van der Waals surface area contributed by atoms with Crippen LogP contribution in [0, 0.1) is 0 Å². The Kier molecular flexibility index (Phi) is 6.95. The third-order valence-corrected chi connectivity index (χ3v) is 3.23. The summed E-state index contributed by atoms with van der Waals surface area (Å²) in [6.07, 6.45) is 16.7. The molecule has 0 saturated carbocycles. The maximum atomic E-state index is 4.16. The standard InChI is InChI=1S/C14H26N2/c1-3-5-7-8-10-14(9-6-4-2)16-12-11-15-13-16/h11-14H,3-10H2,1-2H3. The molecule has 0 fully saturated rings. The molecule has 1 rings (SSSR count). The van der Waals surface area contributed by atoms with E-state index in [1.54, 1.807) is 0 Å². The molecule has 1 unspecified atom stereocenters. The molecule has 0 spiro atoms. The van der Waals surface area contributed by atoms with E-state index >= 15 is 0 Å². The Labute approximate surface area is 100 Å². The van der Waals surface area contributed by atoms with Gasteiger partial charge < -0.3 is 4.57 Å². The number of hydrogen-bond donors (Lipinski definition) is 0. The second-order valence-electron chi connectivity index (χ2n) is 4.66. The number of hydrogen-bond acceptors (Lipinski definition) is 1. The van der Waals surface area contributed by atoms with Gasteiger partial charge in [-0.05, 0) is 12.8 Å². The molecule has 1 aromatic heterocycles. The van der Waals surface area contributed by atoms with Gasteiger partial charge in [-0.25, -0.2) is 4.98 Å². The fourth-order valence-corrected chi connectivity index (χ4v) is 2.17. The molecule has 1 aromatic rings. The van der Waals surface area contributed by atoms with Crippen LogP contribution in [0.3, 0.4) is 0 Å². The third-order valence-electron chi connectivity index (χ3n) is 3.23. The Morgan fingerprint density at radius 1 is 1.00 bits per heavy atom. The maximum Gasteiger partial charge on any atom is 0.0948 e. The summed E-state index contributed by atoms with van der Waals surface area (Å²) in [6, 6.07) is 0.680. The number of unbranched alkanes of at least 4 members (excludes halogenated alkanes) is 4. The molecular weight excluding hydrogens is 196 g/mol. The van der Waals surface area contributed by atoms with Crippen LogP contribution in [-0.4, -0.2) is 9.55 Å². The van der Waals surface area contributed by atoms with Gasteiger partial charge in [0.25, 0.3) is 0 Å². The first-order valence-electron chi connectivity index (χ1n) is 6.86. The van der Waals surface area contributed by atoms with E-state index in [-0.39, 0.29) is 0 Å². The lowest BCUT2D eigenvalue weighted by molar-refractivity contribution is 0.402. The first-order valence-corrected chi connectivity index (χ1v) is 6.86. The van der Waals surface area contributed by atoms with Crippen molar-refractivity contribution in [1.82, 2.24) is 9.55 Å². The molecule has 2 heteroatoms. The van der Waals surface area contributed by atoms with Gasteiger partial charge in [0.1, 0.15) is 0 Å². The highest BCUT2D eigenvalue weighted by Crippen LogP contribution is 2.22. The highest BCUT2D eigenvalue weighted by molar-refractivity contribution is 4.80. The Morgan fingerprint density at radius 3 is 2.38 bits per heavy atom. The van der Waals surface area contributed by atoms with Gasteiger partial charge in [-0.1, -0.05) is 52.4 Å². The molecular formula is C14H26N2. The quantitative estimate of drug-likeness (QED) is 0.559. The van der Waals surface area contributed by atoms with E-state index < -0.39 is 0 Å². The lowest BCUT2D eigenvalue weighted by Gasteiger charge is -2.18. The first kappa shape index (κ1) is 13.3. The molecule has 0 radical (unpaired) electrons. The zero-order valence-corrected chi connectivity index (χ0v) is 10.9. The molecule has 0 aliphatic heterocycles. The molecule has 0 aliphatic carbocycles. The summed E-state index contributed by atoms with van der Waals surface area (Å²) in [6.45, 7) is 4.53. The minimum Gasteiger partial charge on any atom is -0.334 e. The van der Waals surface area contributed by atoms with E-state index in [0.29, 0.717) is 6.04 Å². The average molecular weight is 222 g/mol. The van der Waals surface area contributed by atoms with E-state index in [1.165, 1.54) is 51.4 Å². The van der Waals surface area contributed by atoms with Crippen LogP contribution in [0.15, 0.2) is 18.7 Å². The molecule has 0 aliphatic rings. The summed E-state index contributed by atoms with van der Waals surface area (Å²) in [7, 11) is 0. The predicted molar refractivity (Wildman–Crippen MR) is 69.5 cm³/mol. The Hall–Kier alpha value is -0.790. The van der Waals surface area contributed by atoms with Gasteiger partial charge >= 0.3 is 0 Å². The molecule has 1 atom stereocenters. The van der Waals surface area contributed by atoms with Gasteiger partial charge in [0.2, 0.25) is 0 Å². The first-order chi connectivity index (χ1) is 7.88. The predicted octanol–water partition coefficient (Wildman–Crippen LogP) is 4.58. The van der Waals surface area contributed by atoms with E-state index in [1.807, 2.05) is 12.5 Å². The molecule has 0 saturated heterocycles. The Balaban J connectivity index is 2.32. The van der Waals surface area contributed by atoms with Crippen molar-refractivity contribution in [3.8, 4) is 0 Å². The highest BCUT2D eigenvalue weighted by Gasteiger charge is 2.09. The monoisotopic (exact) mass is 222 g/mol. The summed E-state index contributed by atoms with van der Waals surface area (Å²) >= 11 is 0. The van der Waals surface area contributed by atoms with Crippen LogP contribution in [-0.2, 0) is 0 Å². The Morgan fingerprint density at radius 2 is 1.75 bits per heavy atom. The van der Waals surface area contributed by atoms with Crippen LogP contribution in [0.2, 0.25) is 0 Å². The lowest BCUT2D eigenvalue weighted by atomic mass is 10.0. The molecule has 0 amide bonds. The molecule has 2 nitrogen and oxygen atoms in total. The van der Waals surface area contributed by atoms with Crippen molar-refractivity contribution in [1.29, 1.82) is 0 Å². The summed E-state index contributed by atoms with van der Waals surface area (Å²) in [4.78, 5) is 4.16. The summed E-state index contributed by atoms with van der Waals surface area (Å²) in [5, 5.41) is 0. The molecule has 0 bridgehead atoms. The molecule has 1 heterocycles. The summed E-state index contributed by atoms with van der Waals surface area (Å²) in [5.74, 6) is 0. The van der Waals surface area contributed by atoms with Gasteiger partial charge in [0.05, 0.1) is 6.33 Å². The summed E-state index contributed by atoms with van der Waals surface area (Å²) in [5.41, 5.74) is 0. The van der Waals surface area contributed by atoms with Gasteiger partial charge in [0, 0.05) is 18.4 Å². The SMILES string of the molecule is CCCCCCC(CCCC)n1ccnc1. The van der Waals surface area contributed by atoms with Crippen molar-refractivity contribution in [3.63, 3.8) is 0 Å². The van der Waals surface area contributed by atoms with E-state index in [2.05, 4.69) is 29.6 Å². The van der Waals surface area contributed by atoms with E-state index in [9.17, 15) is 0 Å². The number of nitrogens with zero attached hydrogens (tertiary/aromatic N) is 2. The minimum absolute atomic E-state index is 0.680. The maximum absolute atomic E-state index is 4.16. The van der Waals surface area contributed by atoms with E-state index in [0.717, 1.165) is 0 Å². The smallest absolute Gasteiger partial charge is 0.0948 e. The van der Waals surface area contributed by atoms with Crippen molar-refractivity contribution < 1.29 is 0 Å². The zero-order chi connectivity index (χ0) is 11.6. The van der Waals surface area contributed by atoms with Crippen LogP contribution < -0.4 is 0 Å².